The van der Waals surface area contributed by atoms with Gasteiger partial charge in [-0.2, -0.15) is 0 Å². The van der Waals surface area contributed by atoms with Gasteiger partial charge in [0.15, 0.2) is 0 Å². The Bertz CT molecular complexity index is 147. The standard InChI is InChI=1S/C10H20O4/c1-3-9(10(11)12)5-4-6-14-8-7-13-2/h9H,3-8H2,1-2H3,(H,11,12). The van der Waals surface area contributed by atoms with Gasteiger partial charge in [0.05, 0.1) is 19.1 Å². The van der Waals surface area contributed by atoms with Crippen LogP contribution < -0.4 is 0 Å². The van der Waals surface area contributed by atoms with Gasteiger partial charge in [-0.15, -0.1) is 0 Å². The zero-order valence-corrected chi connectivity index (χ0v) is 8.99. The Balaban J connectivity index is 3.29. The van der Waals surface area contributed by atoms with Crippen LogP contribution in [-0.4, -0.2) is 38.0 Å². The van der Waals surface area contributed by atoms with Gasteiger partial charge in [-0.3, -0.25) is 4.79 Å². The van der Waals surface area contributed by atoms with Crippen LogP contribution >= 0.6 is 0 Å². The molecule has 0 saturated heterocycles. The van der Waals surface area contributed by atoms with Crippen molar-refractivity contribution >= 4 is 5.97 Å². The highest BCUT2D eigenvalue weighted by atomic mass is 16.5. The van der Waals surface area contributed by atoms with Crippen molar-refractivity contribution in [2.24, 2.45) is 5.92 Å². The number of rotatable bonds is 9. The zero-order chi connectivity index (χ0) is 10.8. The molecule has 0 aliphatic carbocycles. The number of carboxylic acid groups (broad SMARTS) is 1. The summed E-state index contributed by atoms with van der Waals surface area (Å²) in [5.74, 6) is -0.926. The fourth-order valence-corrected chi connectivity index (χ4v) is 1.18. The zero-order valence-electron chi connectivity index (χ0n) is 8.99. The molecule has 0 aromatic heterocycles. The number of ether oxygens (including phenoxy) is 2. The van der Waals surface area contributed by atoms with Crippen molar-refractivity contribution in [3.8, 4) is 0 Å². The van der Waals surface area contributed by atoms with Crippen LogP contribution in [-0.2, 0) is 14.3 Å². The summed E-state index contributed by atoms with van der Waals surface area (Å²) in [5.41, 5.74) is 0. The minimum atomic E-state index is -0.704. The molecule has 0 aromatic carbocycles. The number of aliphatic carboxylic acids is 1. The summed E-state index contributed by atoms with van der Waals surface area (Å²) in [5, 5.41) is 8.75. The largest absolute Gasteiger partial charge is 0.481 e. The van der Waals surface area contributed by atoms with Gasteiger partial charge >= 0.3 is 5.97 Å². The molecule has 1 atom stereocenters. The average molecular weight is 204 g/mol. The van der Waals surface area contributed by atoms with Crippen molar-refractivity contribution in [1.29, 1.82) is 0 Å². The predicted octanol–water partition coefficient (Wildman–Crippen LogP) is 1.54. The molecule has 4 heteroatoms. The molecule has 0 aliphatic heterocycles. The molecule has 0 spiro atoms. The van der Waals surface area contributed by atoms with Crippen molar-refractivity contribution in [3.63, 3.8) is 0 Å². The Labute approximate surface area is 85.2 Å². The second-order valence-electron chi connectivity index (χ2n) is 3.19. The lowest BCUT2D eigenvalue weighted by molar-refractivity contribution is -0.142. The quantitative estimate of drug-likeness (QED) is 0.579. The molecule has 0 bridgehead atoms. The van der Waals surface area contributed by atoms with Crippen LogP contribution in [0, 0.1) is 5.92 Å². The lowest BCUT2D eigenvalue weighted by atomic mass is 10.0. The van der Waals surface area contributed by atoms with E-state index in [1.165, 1.54) is 0 Å². The Morgan fingerprint density at radius 3 is 2.57 bits per heavy atom. The Morgan fingerprint density at radius 1 is 1.36 bits per heavy atom. The van der Waals surface area contributed by atoms with Crippen LogP contribution in [0.15, 0.2) is 0 Å². The van der Waals surface area contributed by atoms with Crippen molar-refractivity contribution in [3.05, 3.63) is 0 Å². The molecular formula is C10H20O4. The van der Waals surface area contributed by atoms with Gasteiger partial charge in [0.1, 0.15) is 0 Å². The van der Waals surface area contributed by atoms with Gasteiger partial charge < -0.3 is 14.6 Å². The summed E-state index contributed by atoms with van der Waals surface area (Å²) in [7, 11) is 1.63. The highest BCUT2D eigenvalue weighted by molar-refractivity contribution is 5.69. The van der Waals surface area contributed by atoms with E-state index in [0.29, 0.717) is 32.7 Å². The maximum absolute atomic E-state index is 10.6. The van der Waals surface area contributed by atoms with Crippen LogP contribution in [0.3, 0.4) is 0 Å². The first-order valence-electron chi connectivity index (χ1n) is 5.01. The Hall–Kier alpha value is -0.610. The molecule has 1 N–H and O–H groups in total. The smallest absolute Gasteiger partial charge is 0.306 e. The predicted molar refractivity (Wildman–Crippen MR) is 53.3 cm³/mol. The number of hydrogen-bond donors (Lipinski definition) is 1. The first-order valence-corrected chi connectivity index (χ1v) is 5.01. The van der Waals surface area contributed by atoms with Gasteiger partial charge in [-0.05, 0) is 19.3 Å². The van der Waals surface area contributed by atoms with Crippen LogP contribution in [0.1, 0.15) is 26.2 Å². The fraction of sp³-hybridized carbons (Fsp3) is 0.900. The van der Waals surface area contributed by atoms with Crippen molar-refractivity contribution in [2.45, 2.75) is 26.2 Å². The van der Waals surface area contributed by atoms with Crippen LogP contribution in [0.4, 0.5) is 0 Å². The van der Waals surface area contributed by atoms with Crippen molar-refractivity contribution in [2.75, 3.05) is 26.9 Å². The maximum Gasteiger partial charge on any atom is 0.306 e. The lowest BCUT2D eigenvalue weighted by Gasteiger charge is -2.09. The van der Waals surface area contributed by atoms with Gasteiger partial charge in [-0.1, -0.05) is 6.92 Å². The molecule has 0 aliphatic rings. The molecule has 0 amide bonds. The third-order valence-corrected chi connectivity index (χ3v) is 2.12. The molecule has 0 saturated carbocycles. The van der Waals surface area contributed by atoms with Gasteiger partial charge in [-0.25, -0.2) is 0 Å². The SMILES string of the molecule is CCC(CCCOCCOC)C(=O)O. The second kappa shape index (κ2) is 8.97. The summed E-state index contributed by atoms with van der Waals surface area (Å²) >= 11 is 0. The number of carbonyl (C=O) groups is 1. The van der Waals surface area contributed by atoms with E-state index in [9.17, 15) is 4.79 Å². The molecule has 14 heavy (non-hydrogen) atoms. The Kier molecular flexibility index (Phi) is 8.57. The molecule has 84 valence electrons. The monoisotopic (exact) mass is 204 g/mol. The molecule has 0 rings (SSSR count). The second-order valence-corrected chi connectivity index (χ2v) is 3.19. The van der Waals surface area contributed by atoms with E-state index >= 15 is 0 Å². The first kappa shape index (κ1) is 13.4. The number of methoxy groups -OCH3 is 1. The third-order valence-electron chi connectivity index (χ3n) is 2.12. The van der Waals surface area contributed by atoms with Crippen molar-refractivity contribution < 1.29 is 19.4 Å². The van der Waals surface area contributed by atoms with E-state index < -0.39 is 5.97 Å². The van der Waals surface area contributed by atoms with Crippen LogP contribution in [0.2, 0.25) is 0 Å². The molecule has 4 nitrogen and oxygen atoms in total. The summed E-state index contributed by atoms with van der Waals surface area (Å²) in [6.07, 6.45) is 2.18. The van der Waals surface area contributed by atoms with E-state index in [1.807, 2.05) is 6.92 Å². The Morgan fingerprint density at radius 2 is 2.07 bits per heavy atom. The molecule has 1 unspecified atom stereocenters. The highest BCUT2D eigenvalue weighted by Crippen LogP contribution is 2.10. The minimum Gasteiger partial charge on any atom is -0.481 e. The third kappa shape index (κ3) is 6.86. The lowest BCUT2D eigenvalue weighted by Crippen LogP contribution is -2.13. The van der Waals surface area contributed by atoms with Gasteiger partial charge in [0.25, 0.3) is 0 Å². The van der Waals surface area contributed by atoms with Gasteiger partial charge in [0.2, 0.25) is 0 Å². The molecule has 0 fully saturated rings. The van der Waals surface area contributed by atoms with E-state index in [4.69, 9.17) is 14.6 Å². The molecule has 0 radical (unpaired) electrons. The summed E-state index contributed by atoms with van der Waals surface area (Å²) in [6.45, 7) is 3.69. The van der Waals surface area contributed by atoms with Crippen molar-refractivity contribution in [1.82, 2.24) is 0 Å². The molecule has 0 aromatic rings. The van der Waals surface area contributed by atoms with E-state index in [0.717, 1.165) is 6.42 Å². The number of hydrogen-bond acceptors (Lipinski definition) is 3. The first-order chi connectivity index (χ1) is 6.72. The summed E-state index contributed by atoms with van der Waals surface area (Å²) in [4.78, 5) is 10.6. The summed E-state index contributed by atoms with van der Waals surface area (Å²) in [6, 6.07) is 0. The normalized spacial score (nSPS) is 12.7. The molecule has 0 heterocycles. The summed E-state index contributed by atoms with van der Waals surface area (Å²) < 4.78 is 10.0. The van der Waals surface area contributed by atoms with Crippen LogP contribution in [0.5, 0.6) is 0 Å². The van der Waals surface area contributed by atoms with E-state index in [1.54, 1.807) is 7.11 Å². The fourth-order valence-electron chi connectivity index (χ4n) is 1.18. The molecular weight excluding hydrogens is 184 g/mol. The minimum absolute atomic E-state index is 0.221. The van der Waals surface area contributed by atoms with E-state index in [2.05, 4.69) is 0 Å². The number of carboxylic acids is 1. The maximum atomic E-state index is 10.6. The van der Waals surface area contributed by atoms with E-state index in [-0.39, 0.29) is 5.92 Å². The van der Waals surface area contributed by atoms with Gasteiger partial charge in [0, 0.05) is 13.7 Å². The topological polar surface area (TPSA) is 55.8 Å². The highest BCUT2D eigenvalue weighted by Gasteiger charge is 2.13. The van der Waals surface area contributed by atoms with Crippen LogP contribution in [0.25, 0.3) is 0 Å². The average Bonchev–Trinajstić information content (AvgIpc) is 2.16.